The van der Waals surface area contributed by atoms with Crippen molar-refractivity contribution < 1.29 is 14.2 Å². The summed E-state index contributed by atoms with van der Waals surface area (Å²) >= 11 is 0. The van der Waals surface area contributed by atoms with Gasteiger partial charge >= 0.3 is 0 Å². The van der Waals surface area contributed by atoms with Crippen LogP contribution in [0.25, 0.3) is 21.5 Å². The van der Waals surface area contributed by atoms with Gasteiger partial charge in [0.05, 0.1) is 21.3 Å². The first-order valence-electron chi connectivity index (χ1n) is 6.40. The second-order valence-corrected chi connectivity index (χ2v) is 4.53. The number of hydrogen-bond donors (Lipinski definition) is 0. The number of benzene rings is 3. The summed E-state index contributed by atoms with van der Waals surface area (Å²) in [6.45, 7) is 0. The van der Waals surface area contributed by atoms with Crippen LogP contribution >= 0.6 is 0 Å². The Bertz CT molecular complexity index is 778. The summed E-state index contributed by atoms with van der Waals surface area (Å²) in [4.78, 5) is 0. The molecular formula is C17H16O3. The van der Waals surface area contributed by atoms with Crippen LogP contribution in [0, 0.1) is 0 Å². The van der Waals surface area contributed by atoms with E-state index in [9.17, 15) is 0 Å². The summed E-state index contributed by atoms with van der Waals surface area (Å²) in [5.41, 5.74) is 0. The van der Waals surface area contributed by atoms with Gasteiger partial charge in [-0.25, -0.2) is 0 Å². The lowest BCUT2D eigenvalue weighted by molar-refractivity contribution is 0.327. The maximum absolute atomic E-state index is 5.54. The molecule has 3 aromatic carbocycles. The first-order valence-corrected chi connectivity index (χ1v) is 6.40. The quantitative estimate of drug-likeness (QED) is 0.671. The van der Waals surface area contributed by atoms with Crippen molar-refractivity contribution in [2.75, 3.05) is 21.3 Å². The summed E-state index contributed by atoms with van der Waals surface area (Å²) in [6, 6.07) is 14.4. The lowest BCUT2D eigenvalue weighted by Crippen LogP contribution is -1.96. The molecule has 0 fully saturated rings. The van der Waals surface area contributed by atoms with Crippen molar-refractivity contribution in [2.24, 2.45) is 0 Å². The topological polar surface area (TPSA) is 27.7 Å². The van der Waals surface area contributed by atoms with Crippen molar-refractivity contribution in [3.63, 3.8) is 0 Å². The Labute approximate surface area is 117 Å². The Kier molecular flexibility index (Phi) is 3.11. The van der Waals surface area contributed by atoms with Crippen molar-refractivity contribution in [1.29, 1.82) is 0 Å². The van der Waals surface area contributed by atoms with E-state index in [0.717, 1.165) is 10.8 Å². The smallest absolute Gasteiger partial charge is 0.203 e. The molecule has 3 nitrogen and oxygen atoms in total. The molecule has 0 aromatic heterocycles. The highest BCUT2D eigenvalue weighted by Gasteiger charge is 2.16. The van der Waals surface area contributed by atoms with Crippen LogP contribution in [0.3, 0.4) is 0 Å². The molecule has 0 saturated carbocycles. The van der Waals surface area contributed by atoms with Crippen LogP contribution in [0.5, 0.6) is 17.2 Å². The molecule has 102 valence electrons. The molecule has 0 saturated heterocycles. The summed E-state index contributed by atoms with van der Waals surface area (Å²) in [5, 5.41) is 4.47. The highest BCUT2D eigenvalue weighted by atomic mass is 16.5. The van der Waals surface area contributed by atoms with Crippen LogP contribution in [-0.2, 0) is 0 Å². The van der Waals surface area contributed by atoms with Crippen molar-refractivity contribution in [2.45, 2.75) is 0 Å². The minimum atomic E-state index is 0.623. The molecule has 0 aliphatic carbocycles. The van der Waals surface area contributed by atoms with Gasteiger partial charge in [0.1, 0.15) is 0 Å². The van der Waals surface area contributed by atoms with Gasteiger partial charge < -0.3 is 14.2 Å². The largest absolute Gasteiger partial charge is 0.493 e. The summed E-state index contributed by atoms with van der Waals surface area (Å²) in [5.74, 6) is 2.00. The van der Waals surface area contributed by atoms with E-state index in [1.807, 2.05) is 18.2 Å². The standard InChI is InChI=1S/C17H16O3/c1-18-15-10-14-12-7-5-4-6-11(12)8-9-13(14)16(19-2)17(15)20-3/h4-10H,1-3H3. The van der Waals surface area contributed by atoms with Gasteiger partial charge in [0.2, 0.25) is 5.75 Å². The van der Waals surface area contributed by atoms with E-state index in [1.54, 1.807) is 21.3 Å². The van der Waals surface area contributed by atoms with E-state index >= 15 is 0 Å². The van der Waals surface area contributed by atoms with Gasteiger partial charge in [-0.3, -0.25) is 0 Å². The van der Waals surface area contributed by atoms with Crippen LogP contribution in [-0.4, -0.2) is 21.3 Å². The van der Waals surface area contributed by atoms with Crippen molar-refractivity contribution >= 4 is 21.5 Å². The predicted molar refractivity (Wildman–Crippen MR) is 81.1 cm³/mol. The van der Waals surface area contributed by atoms with Gasteiger partial charge in [-0.1, -0.05) is 30.3 Å². The molecule has 0 bridgehead atoms. The van der Waals surface area contributed by atoms with Gasteiger partial charge in [0.25, 0.3) is 0 Å². The van der Waals surface area contributed by atoms with Crippen LogP contribution in [0.4, 0.5) is 0 Å². The third kappa shape index (κ3) is 1.74. The molecule has 0 aliphatic rings. The van der Waals surface area contributed by atoms with E-state index in [-0.39, 0.29) is 0 Å². The molecule has 3 rings (SSSR count). The fourth-order valence-corrected chi connectivity index (χ4v) is 2.63. The summed E-state index contributed by atoms with van der Waals surface area (Å²) in [6.07, 6.45) is 0. The third-order valence-corrected chi connectivity index (χ3v) is 3.55. The monoisotopic (exact) mass is 268 g/mol. The van der Waals surface area contributed by atoms with E-state index in [2.05, 4.69) is 24.3 Å². The first-order chi connectivity index (χ1) is 9.80. The molecule has 0 spiro atoms. The lowest BCUT2D eigenvalue weighted by Gasteiger charge is -2.15. The molecule has 3 aromatic rings. The molecule has 20 heavy (non-hydrogen) atoms. The minimum absolute atomic E-state index is 0.623. The van der Waals surface area contributed by atoms with E-state index in [1.165, 1.54) is 10.8 Å². The number of fused-ring (bicyclic) bond motifs is 3. The SMILES string of the molecule is COc1cc2c(ccc3ccccc32)c(OC)c1OC. The molecule has 0 atom stereocenters. The van der Waals surface area contributed by atoms with Crippen molar-refractivity contribution in [3.8, 4) is 17.2 Å². The maximum atomic E-state index is 5.54. The fourth-order valence-electron chi connectivity index (χ4n) is 2.63. The summed E-state index contributed by atoms with van der Waals surface area (Å²) < 4.78 is 16.4. The first kappa shape index (κ1) is 12.6. The lowest BCUT2D eigenvalue weighted by atomic mass is 10.0. The van der Waals surface area contributed by atoms with Crippen LogP contribution in [0.2, 0.25) is 0 Å². The molecule has 0 aliphatic heterocycles. The third-order valence-electron chi connectivity index (χ3n) is 3.55. The Morgan fingerprint density at radius 2 is 1.40 bits per heavy atom. The van der Waals surface area contributed by atoms with Crippen LogP contribution < -0.4 is 14.2 Å². The van der Waals surface area contributed by atoms with Gasteiger partial charge in [0.15, 0.2) is 11.5 Å². The molecule has 0 radical (unpaired) electrons. The number of ether oxygens (including phenoxy) is 3. The van der Waals surface area contributed by atoms with Gasteiger partial charge in [-0.2, -0.15) is 0 Å². The molecule has 0 heterocycles. The van der Waals surface area contributed by atoms with Gasteiger partial charge in [0, 0.05) is 5.39 Å². The average Bonchev–Trinajstić information content (AvgIpc) is 2.52. The Morgan fingerprint density at radius 1 is 0.650 bits per heavy atom. The van der Waals surface area contributed by atoms with Crippen molar-refractivity contribution in [1.82, 2.24) is 0 Å². The Morgan fingerprint density at radius 3 is 2.10 bits per heavy atom. The molecular weight excluding hydrogens is 252 g/mol. The highest BCUT2D eigenvalue weighted by molar-refractivity contribution is 6.11. The zero-order chi connectivity index (χ0) is 14.1. The van der Waals surface area contributed by atoms with Crippen LogP contribution in [0.1, 0.15) is 0 Å². The van der Waals surface area contributed by atoms with Gasteiger partial charge in [-0.05, 0) is 28.3 Å². The normalized spacial score (nSPS) is 10.8. The number of hydrogen-bond acceptors (Lipinski definition) is 3. The molecule has 0 amide bonds. The average molecular weight is 268 g/mol. The van der Waals surface area contributed by atoms with E-state index < -0.39 is 0 Å². The molecule has 0 unspecified atom stereocenters. The minimum Gasteiger partial charge on any atom is -0.493 e. The van der Waals surface area contributed by atoms with E-state index in [0.29, 0.717) is 17.2 Å². The predicted octanol–water partition coefficient (Wildman–Crippen LogP) is 4.02. The van der Waals surface area contributed by atoms with E-state index in [4.69, 9.17) is 14.2 Å². The second kappa shape index (κ2) is 4.93. The zero-order valence-corrected chi connectivity index (χ0v) is 11.8. The zero-order valence-electron chi connectivity index (χ0n) is 11.8. The Hall–Kier alpha value is -2.42. The number of rotatable bonds is 3. The number of methoxy groups -OCH3 is 3. The maximum Gasteiger partial charge on any atom is 0.203 e. The molecule has 3 heteroatoms. The molecule has 0 N–H and O–H groups in total. The highest BCUT2D eigenvalue weighted by Crippen LogP contribution is 2.45. The fraction of sp³-hybridized carbons (Fsp3) is 0.176. The van der Waals surface area contributed by atoms with Crippen LogP contribution in [0.15, 0.2) is 42.5 Å². The van der Waals surface area contributed by atoms with Crippen molar-refractivity contribution in [3.05, 3.63) is 42.5 Å². The summed E-state index contributed by atoms with van der Waals surface area (Å²) in [7, 11) is 4.90. The second-order valence-electron chi connectivity index (χ2n) is 4.53. The van der Waals surface area contributed by atoms with Gasteiger partial charge in [-0.15, -0.1) is 0 Å². The Balaban J connectivity index is 2.50.